The molecule has 6 nitrogen and oxygen atoms in total. The molecule has 1 aromatic rings. The monoisotopic (exact) mass is 283 g/mol. The van der Waals surface area contributed by atoms with Crippen LogP contribution in [0, 0.1) is 5.92 Å². The minimum atomic E-state index is -1.06. The molecule has 2 rings (SSSR count). The van der Waals surface area contributed by atoms with E-state index in [0.29, 0.717) is 18.9 Å². The molecule has 102 valence electrons. The molecular weight excluding hydrogens is 270 g/mol. The number of halogens is 1. The van der Waals surface area contributed by atoms with Gasteiger partial charge >= 0.3 is 5.97 Å². The van der Waals surface area contributed by atoms with Gasteiger partial charge in [-0.2, -0.15) is 0 Å². The van der Waals surface area contributed by atoms with Gasteiger partial charge in [0.25, 0.3) is 0 Å². The summed E-state index contributed by atoms with van der Waals surface area (Å²) < 4.78 is 0. The molecule has 2 heterocycles. The Morgan fingerprint density at radius 2 is 2.21 bits per heavy atom. The van der Waals surface area contributed by atoms with Gasteiger partial charge < -0.3 is 15.7 Å². The first-order chi connectivity index (χ1) is 8.97. The first-order valence-corrected chi connectivity index (χ1v) is 6.30. The van der Waals surface area contributed by atoms with E-state index in [1.165, 1.54) is 12.1 Å². The van der Waals surface area contributed by atoms with Gasteiger partial charge in [-0.3, -0.25) is 4.79 Å². The molecule has 0 saturated carbocycles. The lowest BCUT2D eigenvalue weighted by Gasteiger charge is -2.32. The van der Waals surface area contributed by atoms with Gasteiger partial charge in [0.15, 0.2) is 0 Å². The summed E-state index contributed by atoms with van der Waals surface area (Å²) in [4.78, 5) is 28.2. The van der Waals surface area contributed by atoms with E-state index in [9.17, 15) is 9.59 Å². The van der Waals surface area contributed by atoms with Crippen molar-refractivity contribution >= 4 is 29.3 Å². The maximum atomic E-state index is 11.2. The van der Waals surface area contributed by atoms with Gasteiger partial charge in [0.2, 0.25) is 5.91 Å². The smallest absolute Gasteiger partial charge is 0.335 e. The molecule has 1 unspecified atom stereocenters. The number of carboxylic acid groups (broad SMARTS) is 1. The summed E-state index contributed by atoms with van der Waals surface area (Å²) in [7, 11) is 0. The van der Waals surface area contributed by atoms with E-state index in [1.54, 1.807) is 0 Å². The minimum absolute atomic E-state index is 0.0798. The highest BCUT2D eigenvalue weighted by Gasteiger charge is 2.25. The van der Waals surface area contributed by atoms with Gasteiger partial charge in [0.05, 0.1) is 11.5 Å². The molecule has 1 aromatic heterocycles. The molecule has 1 aliphatic rings. The predicted molar refractivity (Wildman–Crippen MR) is 70.3 cm³/mol. The number of rotatable bonds is 3. The Morgan fingerprint density at radius 1 is 1.47 bits per heavy atom. The van der Waals surface area contributed by atoms with Crippen molar-refractivity contribution in [1.82, 2.24) is 4.98 Å². The highest BCUT2D eigenvalue weighted by Crippen LogP contribution is 2.24. The van der Waals surface area contributed by atoms with E-state index in [-0.39, 0.29) is 22.5 Å². The number of amides is 1. The molecule has 1 fully saturated rings. The number of hydrogen-bond acceptors (Lipinski definition) is 4. The number of hydrogen-bond donors (Lipinski definition) is 2. The van der Waals surface area contributed by atoms with Crippen LogP contribution in [0.2, 0.25) is 5.15 Å². The average Bonchev–Trinajstić information content (AvgIpc) is 2.38. The van der Waals surface area contributed by atoms with Crippen molar-refractivity contribution < 1.29 is 14.7 Å². The summed E-state index contributed by atoms with van der Waals surface area (Å²) in [6.07, 6.45) is 1.56. The van der Waals surface area contributed by atoms with Crippen molar-refractivity contribution in [2.24, 2.45) is 11.7 Å². The molecule has 0 bridgehead atoms. The molecule has 0 aliphatic carbocycles. The molecule has 0 aromatic carbocycles. The second kappa shape index (κ2) is 5.44. The number of carboxylic acids is 1. The summed E-state index contributed by atoms with van der Waals surface area (Å²) in [5.41, 5.74) is 5.39. The van der Waals surface area contributed by atoms with Crippen molar-refractivity contribution in [1.29, 1.82) is 0 Å². The van der Waals surface area contributed by atoms with Crippen molar-refractivity contribution in [3.63, 3.8) is 0 Å². The molecule has 19 heavy (non-hydrogen) atoms. The Kier molecular flexibility index (Phi) is 3.90. The van der Waals surface area contributed by atoms with Gasteiger partial charge in [-0.15, -0.1) is 0 Å². The lowest BCUT2D eigenvalue weighted by molar-refractivity contribution is -0.122. The Hall–Kier alpha value is -1.82. The molecule has 7 heteroatoms. The van der Waals surface area contributed by atoms with Crippen LogP contribution in [0.3, 0.4) is 0 Å². The summed E-state index contributed by atoms with van der Waals surface area (Å²) in [5.74, 6) is -1.17. The van der Waals surface area contributed by atoms with Gasteiger partial charge in [-0.25, -0.2) is 9.78 Å². The van der Waals surface area contributed by atoms with Crippen molar-refractivity contribution in [3.8, 4) is 0 Å². The number of nitrogens with two attached hydrogens (primary N) is 1. The summed E-state index contributed by atoms with van der Waals surface area (Å²) in [6.45, 7) is 1.15. The van der Waals surface area contributed by atoms with Crippen molar-refractivity contribution in [3.05, 3.63) is 22.8 Å². The maximum Gasteiger partial charge on any atom is 0.335 e. The molecular formula is C12H14ClN3O3. The fraction of sp³-hybridized carbons (Fsp3) is 0.417. The molecule has 1 saturated heterocycles. The quantitative estimate of drug-likeness (QED) is 0.811. The van der Waals surface area contributed by atoms with E-state index in [0.717, 1.165) is 12.8 Å². The number of anilines is 1. The summed E-state index contributed by atoms with van der Waals surface area (Å²) in [6, 6.07) is 2.75. The largest absolute Gasteiger partial charge is 0.478 e. The third kappa shape index (κ3) is 3.14. The second-order valence-corrected chi connectivity index (χ2v) is 4.92. The number of aromatic carboxylic acids is 1. The Bertz CT molecular complexity index is 521. The topological polar surface area (TPSA) is 96.5 Å². The van der Waals surface area contributed by atoms with Crippen LogP contribution in [0.25, 0.3) is 0 Å². The van der Waals surface area contributed by atoms with Crippen LogP contribution in [0.5, 0.6) is 0 Å². The number of piperidine rings is 1. The Morgan fingerprint density at radius 3 is 2.84 bits per heavy atom. The van der Waals surface area contributed by atoms with Gasteiger partial charge in [0.1, 0.15) is 11.0 Å². The number of carbonyl (C=O) groups excluding carboxylic acids is 1. The molecule has 0 radical (unpaired) electrons. The Balaban J connectivity index is 2.26. The van der Waals surface area contributed by atoms with Crippen molar-refractivity contribution in [2.75, 3.05) is 18.0 Å². The van der Waals surface area contributed by atoms with E-state index >= 15 is 0 Å². The third-order valence-electron chi connectivity index (χ3n) is 3.18. The first-order valence-electron chi connectivity index (χ1n) is 5.92. The second-order valence-electron chi connectivity index (χ2n) is 4.53. The average molecular weight is 284 g/mol. The van der Waals surface area contributed by atoms with Crippen LogP contribution >= 0.6 is 11.6 Å². The standard InChI is InChI=1S/C12H14ClN3O3/c13-9-4-8(12(18)19)5-10(15-9)16-3-1-2-7(6-16)11(14)17/h4-5,7H,1-3,6H2,(H2,14,17)(H,18,19). The molecule has 1 amide bonds. The number of primary amides is 1. The van der Waals surface area contributed by atoms with Crippen LogP contribution in [0.4, 0.5) is 5.82 Å². The summed E-state index contributed by atoms with van der Waals surface area (Å²) >= 11 is 5.82. The zero-order chi connectivity index (χ0) is 14.0. The van der Waals surface area contributed by atoms with E-state index in [1.807, 2.05) is 4.90 Å². The molecule has 0 spiro atoms. The van der Waals surface area contributed by atoms with E-state index < -0.39 is 5.97 Å². The fourth-order valence-electron chi connectivity index (χ4n) is 2.19. The lowest BCUT2D eigenvalue weighted by Crippen LogP contribution is -2.41. The number of pyridine rings is 1. The number of nitrogens with zero attached hydrogens (tertiary/aromatic N) is 2. The van der Waals surface area contributed by atoms with Crippen LogP contribution in [0.15, 0.2) is 12.1 Å². The highest BCUT2D eigenvalue weighted by molar-refractivity contribution is 6.29. The molecule has 1 aliphatic heterocycles. The maximum absolute atomic E-state index is 11.2. The third-order valence-corrected chi connectivity index (χ3v) is 3.37. The molecule has 1 atom stereocenters. The zero-order valence-electron chi connectivity index (χ0n) is 10.2. The normalized spacial score (nSPS) is 19.2. The SMILES string of the molecule is NC(=O)C1CCCN(c2cc(C(=O)O)cc(Cl)n2)C1. The Labute approximate surface area is 115 Å². The minimum Gasteiger partial charge on any atom is -0.478 e. The van der Waals surface area contributed by atoms with Crippen LogP contribution in [-0.4, -0.2) is 35.1 Å². The van der Waals surface area contributed by atoms with Crippen molar-refractivity contribution in [2.45, 2.75) is 12.8 Å². The highest BCUT2D eigenvalue weighted by atomic mass is 35.5. The van der Waals surface area contributed by atoms with Gasteiger partial charge in [-0.05, 0) is 25.0 Å². The van der Waals surface area contributed by atoms with Crippen LogP contribution in [0.1, 0.15) is 23.2 Å². The fourth-order valence-corrected chi connectivity index (χ4v) is 2.39. The lowest BCUT2D eigenvalue weighted by atomic mass is 9.97. The first kappa shape index (κ1) is 13.6. The van der Waals surface area contributed by atoms with Gasteiger partial charge in [0, 0.05) is 13.1 Å². The van der Waals surface area contributed by atoms with E-state index in [4.69, 9.17) is 22.4 Å². The predicted octanol–water partition coefficient (Wildman–Crippen LogP) is 1.13. The number of carbonyl (C=O) groups is 2. The van der Waals surface area contributed by atoms with Crippen LogP contribution in [-0.2, 0) is 4.79 Å². The van der Waals surface area contributed by atoms with E-state index in [2.05, 4.69) is 4.98 Å². The number of aromatic nitrogens is 1. The molecule has 3 N–H and O–H groups in total. The summed E-state index contributed by atoms with van der Waals surface area (Å²) in [5, 5.41) is 9.11. The van der Waals surface area contributed by atoms with Crippen LogP contribution < -0.4 is 10.6 Å². The zero-order valence-corrected chi connectivity index (χ0v) is 10.9. The van der Waals surface area contributed by atoms with Gasteiger partial charge in [-0.1, -0.05) is 11.6 Å².